The van der Waals surface area contributed by atoms with E-state index in [2.05, 4.69) is 26.1 Å². The first kappa shape index (κ1) is 20.9. The molecule has 0 spiro atoms. The Hall–Kier alpha value is -2.37. The van der Waals surface area contributed by atoms with Gasteiger partial charge in [-0.05, 0) is 30.4 Å². The van der Waals surface area contributed by atoms with Gasteiger partial charge in [0.2, 0.25) is 0 Å². The van der Waals surface area contributed by atoms with Gasteiger partial charge in [-0.1, -0.05) is 52.2 Å². The number of likely N-dealkylation sites (N-methyl/N-ethyl adjacent to an activating group) is 1. The largest absolute Gasteiger partial charge is 0.489 e. The zero-order valence-electron chi connectivity index (χ0n) is 16.7. The van der Waals surface area contributed by atoms with E-state index in [0.717, 1.165) is 19.3 Å². The van der Waals surface area contributed by atoms with Crippen LogP contribution in [0, 0.1) is 17.2 Å². The van der Waals surface area contributed by atoms with Gasteiger partial charge < -0.3 is 15.0 Å². The van der Waals surface area contributed by atoms with E-state index in [0.29, 0.717) is 29.7 Å². The molecule has 0 saturated heterocycles. The molecule has 0 fully saturated rings. The zero-order valence-corrected chi connectivity index (χ0v) is 16.7. The van der Waals surface area contributed by atoms with Crippen LogP contribution in [0.3, 0.4) is 0 Å². The Morgan fingerprint density at radius 1 is 1.37 bits per heavy atom. The first-order chi connectivity index (χ1) is 12.9. The lowest BCUT2D eigenvalue weighted by molar-refractivity contribution is -0.125. The third kappa shape index (κ3) is 5.08. The van der Waals surface area contributed by atoms with Crippen molar-refractivity contribution in [2.24, 2.45) is 11.8 Å². The molecule has 2 unspecified atom stereocenters. The van der Waals surface area contributed by atoms with E-state index >= 15 is 0 Å². The molecule has 0 saturated carbocycles. The second-order valence-electron chi connectivity index (χ2n) is 7.32. The van der Waals surface area contributed by atoms with E-state index in [-0.39, 0.29) is 18.2 Å². The van der Waals surface area contributed by atoms with Gasteiger partial charge in [0.25, 0.3) is 11.8 Å². The second kappa shape index (κ2) is 9.53. The van der Waals surface area contributed by atoms with Gasteiger partial charge in [0.05, 0.1) is 11.4 Å². The molecule has 0 aliphatic carbocycles. The molecule has 6 heteroatoms. The first-order valence-corrected chi connectivity index (χ1v) is 9.76. The number of hydrogen-bond acceptors (Lipinski definition) is 4. The van der Waals surface area contributed by atoms with Crippen LogP contribution < -0.4 is 15.0 Å². The molecule has 0 bridgehead atoms. The van der Waals surface area contributed by atoms with Crippen LogP contribution in [0.2, 0.25) is 0 Å². The van der Waals surface area contributed by atoms with Gasteiger partial charge >= 0.3 is 0 Å². The predicted octanol–water partition coefficient (Wildman–Crippen LogP) is 3.40. The van der Waals surface area contributed by atoms with Crippen molar-refractivity contribution in [2.75, 3.05) is 18.6 Å². The minimum absolute atomic E-state index is 0.0333. The molecule has 1 aromatic carbocycles. The number of para-hydroxylation sites is 2. The molecule has 148 valence electrons. The number of ether oxygens (including phenoxy) is 1. The summed E-state index contributed by atoms with van der Waals surface area (Å²) in [6.07, 6.45) is 3.49. The topological polar surface area (TPSA) is 82.5 Å². The quantitative estimate of drug-likeness (QED) is 0.685. The van der Waals surface area contributed by atoms with Crippen molar-refractivity contribution in [1.82, 2.24) is 5.32 Å². The number of benzene rings is 1. The number of carbonyl (C=O) groups is 2. The summed E-state index contributed by atoms with van der Waals surface area (Å²) >= 11 is 0. The third-order valence-corrected chi connectivity index (χ3v) is 5.41. The van der Waals surface area contributed by atoms with E-state index in [4.69, 9.17) is 10.1 Å². The van der Waals surface area contributed by atoms with E-state index in [1.165, 1.54) is 4.90 Å². The highest BCUT2D eigenvalue weighted by molar-refractivity contribution is 6.38. The molecule has 1 aromatic rings. The third-order valence-electron chi connectivity index (χ3n) is 5.41. The lowest BCUT2D eigenvalue weighted by Crippen LogP contribution is -2.51. The monoisotopic (exact) mass is 373 g/mol. The fourth-order valence-corrected chi connectivity index (χ4v) is 3.45. The lowest BCUT2D eigenvalue weighted by Gasteiger charge is -2.24. The second-order valence-corrected chi connectivity index (χ2v) is 7.32. The van der Waals surface area contributed by atoms with Crippen LogP contribution in [0.25, 0.3) is 0 Å². The van der Waals surface area contributed by atoms with Crippen molar-refractivity contribution in [2.45, 2.75) is 52.5 Å². The SMILES string of the molecule is CCCC(CC(=N)C(=O)N[C@H]1COc2ccccc2N(C)C1=O)C(C)CC. The Morgan fingerprint density at radius 3 is 2.74 bits per heavy atom. The van der Waals surface area contributed by atoms with Crippen LogP contribution in [0.4, 0.5) is 5.69 Å². The first-order valence-electron chi connectivity index (χ1n) is 9.76. The number of nitrogens with zero attached hydrogens (tertiary/aromatic N) is 1. The van der Waals surface area contributed by atoms with Gasteiger partial charge in [-0.15, -0.1) is 0 Å². The lowest BCUT2D eigenvalue weighted by atomic mass is 9.84. The highest BCUT2D eigenvalue weighted by atomic mass is 16.5. The molecular weight excluding hydrogens is 342 g/mol. The molecule has 2 rings (SSSR count). The van der Waals surface area contributed by atoms with Crippen LogP contribution in [-0.2, 0) is 9.59 Å². The molecular formula is C21H31N3O3. The van der Waals surface area contributed by atoms with Gasteiger partial charge in [0.15, 0.2) is 0 Å². The molecule has 0 aromatic heterocycles. The summed E-state index contributed by atoms with van der Waals surface area (Å²) in [6.45, 7) is 6.48. The maximum absolute atomic E-state index is 12.7. The number of rotatable bonds is 8. The summed E-state index contributed by atoms with van der Waals surface area (Å²) in [5.41, 5.74) is 0.708. The van der Waals surface area contributed by atoms with E-state index in [1.54, 1.807) is 19.2 Å². The summed E-state index contributed by atoms with van der Waals surface area (Å²) < 4.78 is 5.71. The average Bonchev–Trinajstić information content (AvgIpc) is 2.79. The maximum Gasteiger partial charge on any atom is 0.265 e. The molecule has 1 heterocycles. The molecule has 2 N–H and O–H groups in total. The number of hydrogen-bond donors (Lipinski definition) is 2. The summed E-state index contributed by atoms with van der Waals surface area (Å²) in [7, 11) is 1.67. The number of amides is 2. The van der Waals surface area contributed by atoms with E-state index in [9.17, 15) is 9.59 Å². The molecule has 1 aliphatic rings. The number of carbonyl (C=O) groups excluding carboxylic acids is 2. The number of nitrogens with one attached hydrogen (secondary N) is 2. The fourth-order valence-electron chi connectivity index (χ4n) is 3.45. The Bertz CT molecular complexity index is 689. The van der Waals surface area contributed by atoms with Crippen molar-refractivity contribution in [1.29, 1.82) is 5.41 Å². The van der Waals surface area contributed by atoms with Crippen LogP contribution in [0.1, 0.15) is 46.5 Å². The standard InChI is InChI=1S/C21H31N3O3/c1-5-9-15(14(3)6-2)12-16(22)20(25)23-17-13-27-19-11-8-7-10-18(19)24(4)21(17)26/h7-8,10-11,14-15,17,22H,5-6,9,12-13H2,1-4H3,(H,23,25)/t14?,15?,17-/m0/s1. The van der Waals surface area contributed by atoms with Crippen molar-refractivity contribution in [3.05, 3.63) is 24.3 Å². The summed E-state index contributed by atoms with van der Waals surface area (Å²) in [6, 6.07) is 6.48. The Morgan fingerprint density at radius 2 is 2.07 bits per heavy atom. The number of anilines is 1. The van der Waals surface area contributed by atoms with Gasteiger partial charge in [-0.2, -0.15) is 0 Å². The molecule has 0 radical (unpaired) electrons. The van der Waals surface area contributed by atoms with E-state index in [1.807, 2.05) is 12.1 Å². The highest BCUT2D eigenvalue weighted by Gasteiger charge is 2.31. The van der Waals surface area contributed by atoms with E-state index < -0.39 is 11.9 Å². The zero-order chi connectivity index (χ0) is 20.0. The number of fused-ring (bicyclic) bond motifs is 1. The van der Waals surface area contributed by atoms with Crippen molar-refractivity contribution in [3.8, 4) is 5.75 Å². The smallest absolute Gasteiger partial charge is 0.265 e. The van der Waals surface area contributed by atoms with Gasteiger partial charge in [0, 0.05) is 7.05 Å². The van der Waals surface area contributed by atoms with Gasteiger partial charge in [-0.3, -0.25) is 15.0 Å². The van der Waals surface area contributed by atoms with Crippen LogP contribution in [0.15, 0.2) is 24.3 Å². The van der Waals surface area contributed by atoms with Crippen molar-refractivity contribution in [3.63, 3.8) is 0 Å². The highest BCUT2D eigenvalue weighted by Crippen LogP contribution is 2.30. The Labute approximate surface area is 161 Å². The van der Waals surface area contributed by atoms with Crippen LogP contribution in [0.5, 0.6) is 5.75 Å². The van der Waals surface area contributed by atoms with Crippen molar-refractivity contribution < 1.29 is 14.3 Å². The molecule has 2 amide bonds. The van der Waals surface area contributed by atoms with Crippen LogP contribution in [-0.4, -0.2) is 37.2 Å². The minimum atomic E-state index is -0.802. The normalized spacial score (nSPS) is 18.7. The Balaban J connectivity index is 2.02. The molecule has 1 aliphatic heterocycles. The fraction of sp³-hybridized carbons (Fsp3) is 0.571. The summed E-state index contributed by atoms with van der Waals surface area (Å²) in [5.74, 6) is 0.654. The Kier molecular flexibility index (Phi) is 7.39. The van der Waals surface area contributed by atoms with Gasteiger partial charge in [0.1, 0.15) is 18.4 Å². The molecule has 3 atom stereocenters. The molecule has 6 nitrogen and oxygen atoms in total. The average molecular weight is 373 g/mol. The van der Waals surface area contributed by atoms with Crippen molar-refractivity contribution >= 4 is 23.2 Å². The molecule has 27 heavy (non-hydrogen) atoms. The summed E-state index contributed by atoms with van der Waals surface area (Å²) in [4.78, 5) is 26.7. The summed E-state index contributed by atoms with van der Waals surface area (Å²) in [5, 5.41) is 10.9. The van der Waals surface area contributed by atoms with Crippen LogP contribution >= 0.6 is 0 Å². The van der Waals surface area contributed by atoms with Gasteiger partial charge in [-0.25, -0.2) is 0 Å². The maximum atomic E-state index is 12.7. The predicted molar refractivity (Wildman–Crippen MR) is 107 cm³/mol. The minimum Gasteiger partial charge on any atom is -0.489 e.